The van der Waals surface area contributed by atoms with E-state index in [0.29, 0.717) is 5.82 Å². The van der Waals surface area contributed by atoms with Gasteiger partial charge in [0, 0.05) is 4.88 Å². The molecule has 0 saturated carbocycles. The molecular formula is C11H12Cl2N4S. The van der Waals surface area contributed by atoms with Gasteiger partial charge in [0.15, 0.2) is 11.0 Å². The Morgan fingerprint density at radius 2 is 2.22 bits per heavy atom. The molecule has 1 atom stereocenters. The van der Waals surface area contributed by atoms with Gasteiger partial charge in [-0.2, -0.15) is 4.98 Å². The van der Waals surface area contributed by atoms with Crippen LogP contribution in [0.25, 0.3) is 0 Å². The lowest BCUT2D eigenvalue weighted by molar-refractivity contribution is 0.683. The molecule has 0 aliphatic heterocycles. The summed E-state index contributed by atoms with van der Waals surface area (Å²) in [7, 11) is 0. The predicted molar refractivity (Wildman–Crippen MR) is 75.4 cm³/mol. The number of rotatable bonds is 5. The van der Waals surface area contributed by atoms with Gasteiger partial charge < -0.3 is 5.32 Å². The van der Waals surface area contributed by atoms with Crippen molar-refractivity contribution in [1.29, 1.82) is 0 Å². The van der Waals surface area contributed by atoms with Crippen LogP contribution in [-0.2, 0) is 0 Å². The Balaban J connectivity index is 2.21. The molecule has 2 aromatic heterocycles. The maximum atomic E-state index is 5.95. The lowest BCUT2D eigenvalue weighted by Gasteiger charge is -2.17. The van der Waals surface area contributed by atoms with Crippen molar-refractivity contribution in [2.75, 3.05) is 5.32 Å². The molecule has 0 aliphatic rings. The Bertz CT molecular complexity index is 504. The molecule has 0 spiro atoms. The lowest BCUT2D eigenvalue weighted by Crippen LogP contribution is -2.11. The lowest BCUT2D eigenvalue weighted by atomic mass is 10.1. The Morgan fingerprint density at radius 1 is 1.39 bits per heavy atom. The maximum Gasteiger partial charge on any atom is 0.245 e. The van der Waals surface area contributed by atoms with Crippen molar-refractivity contribution in [2.45, 2.75) is 25.8 Å². The van der Waals surface area contributed by atoms with Crippen LogP contribution in [0.1, 0.15) is 30.7 Å². The van der Waals surface area contributed by atoms with Gasteiger partial charge in [0.1, 0.15) is 0 Å². The third-order valence-corrected chi connectivity index (χ3v) is 3.80. The molecule has 0 amide bonds. The molecule has 18 heavy (non-hydrogen) atoms. The van der Waals surface area contributed by atoms with Crippen LogP contribution in [0.4, 0.5) is 5.82 Å². The minimum absolute atomic E-state index is 0.0864. The number of thiophene rings is 1. The Hall–Kier alpha value is -0.910. The minimum atomic E-state index is 0.0864. The molecule has 1 N–H and O–H groups in total. The number of nitrogens with one attached hydrogen (secondary N) is 1. The van der Waals surface area contributed by atoms with E-state index in [4.69, 9.17) is 23.2 Å². The largest absolute Gasteiger partial charge is 0.360 e. The standard InChI is InChI=1S/C11H12Cl2N4S/c1-2-4-7(8-5-3-6-18-8)14-10-9(12)16-17-11(13)15-10/h3,5-7H,2,4H2,1H3,(H,14,15,17). The second-order valence-electron chi connectivity index (χ2n) is 3.72. The summed E-state index contributed by atoms with van der Waals surface area (Å²) in [6, 6.07) is 4.28. The first-order valence-corrected chi connectivity index (χ1v) is 7.20. The maximum absolute atomic E-state index is 5.95. The number of hydrogen-bond donors (Lipinski definition) is 1. The minimum Gasteiger partial charge on any atom is -0.360 e. The molecule has 7 heteroatoms. The molecule has 0 aliphatic carbocycles. The fourth-order valence-electron chi connectivity index (χ4n) is 1.61. The van der Waals surface area contributed by atoms with Crippen molar-refractivity contribution in [2.24, 2.45) is 0 Å². The average molecular weight is 303 g/mol. The van der Waals surface area contributed by atoms with Gasteiger partial charge in [-0.1, -0.05) is 31.0 Å². The third-order valence-electron chi connectivity index (χ3n) is 2.39. The fourth-order valence-corrected chi connectivity index (χ4v) is 2.68. The summed E-state index contributed by atoms with van der Waals surface area (Å²) in [6.07, 6.45) is 2.04. The Labute approximate surface area is 119 Å². The van der Waals surface area contributed by atoms with E-state index in [9.17, 15) is 0 Å². The quantitative estimate of drug-likeness (QED) is 0.899. The van der Waals surface area contributed by atoms with Crippen LogP contribution in [0.2, 0.25) is 10.4 Å². The van der Waals surface area contributed by atoms with Gasteiger partial charge in [-0.25, -0.2) is 0 Å². The Morgan fingerprint density at radius 3 is 2.89 bits per heavy atom. The fraction of sp³-hybridized carbons (Fsp3) is 0.364. The Kier molecular flexibility index (Phi) is 4.74. The molecule has 2 heterocycles. The number of anilines is 1. The van der Waals surface area contributed by atoms with Gasteiger partial charge in [0.25, 0.3) is 0 Å². The smallest absolute Gasteiger partial charge is 0.245 e. The molecule has 0 radical (unpaired) electrons. The van der Waals surface area contributed by atoms with E-state index >= 15 is 0 Å². The molecule has 2 aromatic rings. The van der Waals surface area contributed by atoms with E-state index in [0.717, 1.165) is 12.8 Å². The average Bonchev–Trinajstić information content (AvgIpc) is 2.87. The van der Waals surface area contributed by atoms with Crippen LogP contribution in [0.3, 0.4) is 0 Å². The summed E-state index contributed by atoms with van der Waals surface area (Å²) in [5.41, 5.74) is 0. The first kappa shape index (κ1) is 13.5. The third kappa shape index (κ3) is 3.31. The summed E-state index contributed by atoms with van der Waals surface area (Å²) in [4.78, 5) is 5.30. The number of aromatic nitrogens is 3. The molecule has 0 bridgehead atoms. The summed E-state index contributed by atoms with van der Waals surface area (Å²) >= 11 is 13.4. The van der Waals surface area contributed by atoms with Crippen molar-refractivity contribution < 1.29 is 0 Å². The molecule has 1 unspecified atom stereocenters. The van der Waals surface area contributed by atoms with Gasteiger partial charge >= 0.3 is 0 Å². The monoisotopic (exact) mass is 302 g/mol. The zero-order chi connectivity index (χ0) is 13.0. The highest BCUT2D eigenvalue weighted by molar-refractivity contribution is 7.10. The van der Waals surface area contributed by atoms with Gasteiger partial charge in [-0.3, -0.25) is 0 Å². The highest BCUT2D eigenvalue weighted by Crippen LogP contribution is 2.29. The van der Waals surface area contributed by atoms with Crippen molar-refractivity contribution in [3.8, 4) is 0 Å². The second kappa shape index (κ2) is 6.31. The first-order chi connectivity index (χ1) is 8.70. The van der Waals surface area contributed by atoms with Crippen LogP contribution in [-0.4, -0.2) is 15.2 Å². The van der Waals surface area contributed by atoms with Crippen molar-refractivity contribution in [3.05, 3.63) is 32.8 Å². The second-order valence-corrected chi connectivity index (χ2v) is 5.40. The van der Waals surface area contributed by atoms with E-state index in [1.54, 1.807) is 11.3 Å². The van der Waals surface area contributed by atoms with E-state index < -0.39 is 0 Å². The van der Waals surface area contributed by atoms with Crippen LogP contribution in [0.5, 0.6) is 0 Å². The van der Waals surface area contributed by atoms with Crippen molar-refractivity contribution in [1.82, 2.24) is 15.2 Å². The summed E-state index contributed by atoms with van der Waals surface area (Å²) in [6.45, 7) is 2.13. The normalized spacial score (nSPS) is 12.4. The predicted octanol–water partition coefficient (Wildman–Crippen LogP) is 4.19. The van der Waals surface area contributed by atoms with Gasteiger partial charge in [0.2, 0.25) is 5.28 Å². The zero-order valence-corrected chi connectivity index (χ0v) is 12.1. The molecule has 0 saturated heterocycles. The van der Waals surface area contributed by atoms with Crippen molar-refractivity contribution >= 4 is 40.4 Å². The topological polar surface area (TPSA) is 50.7 Å². The summed E-state index contributed by atoms with van der Waals surface area (Å²) < 4.78 is 0. The molecule has 0 aromatic carbocycles. The number of halogens is 2. The molecule has 2 rings (SSSR count). The first-order valence-electron chi connectivity index (χ1n) is 5.56. The van der Waals surface area contributed by atoms with E-state index in [2.05, 4.69) is 33.5 Å². The molecular weight excluding hydrogens is 291 g/mol. The van der Waals surface area contributed by atoms with Gasteiger partial charge in [0.05, 0.1) is 6.04 Å². The summed E-state index contributed by atoms with van der Waals surface area (Å²) in [5.74, 6) is 0.475. The molecule has 4 nitrogen and oxygen atoms in total. The van der Waals surface area contributed by atoms with Crippen molar-refractivity contribution in [3.63, 3.8) is 0 Å². The van der Waals surface area contributed by atoms with Crippen LogP contribution in [0, 0.1) is 0 Å². The van der Waals surface area contributed by atoms with Crippen LogP contribution >= 0.6 is 34.5 Å². The SMILES string of the molecule is CCCC(Nc1nc(Cl)nnc1Cl)c1cccs1. The molecule has 96 valence electrons. The zero-order valence-electron chi connectivity index (χ0n) is 9.73. The highest BCUT2D eigenvalue weighted by Gasteiger charge is 2.15. The van der Waals surface area contributed by atoms with E-state index in [1.807, 2.05) is 11.4 Å². The van der Waals surface area contributed by atoms with Crippen LogP contribution < -0.4 is 5.32 Å². The highest BCUT2D eigenvalue weighted by atomic mass is 35.5. The van der Waals surface area contributed by atoms with Crippen LogP contribution in [0.15, 0.2) is 17.5 Å². The van der Waals surface area contributed by atoms with Gasteiger partial charge in [-0.15, -0.1) is 21.5 Å². The molecule has 0 fully saturated rings. The number of hydrogen-bond acceptors (Lipinski definition) is 5. The summed E-state index contributed by atoms with van der Waals surface area (Å²) in [5, 5.41) is 13.0. The number of nitrogens with zero attached hydrogens (tertiary/aromatic N) is 3. The van der Waals surface area contributed by atoms with E-state index in [1.165, 1.54) is 4.88 Å². The van der Waals surface area contributed by atoms with Gasteiger partial charge in [-0.05, 0) is 29.5 Å². The van der Waals surface area contributed by atoms with E-state index in [-0.39, 0.29) is 16.5 Å².